The molecule has 0 saturated heterocycles. The number of H-pyrrole nitrogens is 1. The number of hydrogen-bond acceptors (Lipinski definition) is 1. The zero-order chi connectivity index (χ0) is 13.2. The molecule has 17 heavy (non-hydrogen) atoms. The van der Waals surface area contributed by atoms with Crippen LogP contribution in [0.1, 0.15) is 56.3 Å². The third-order valence-corrected chi connectivity index (χ3v) is 5.60. The Morgan fingerprint density at radius 1 is 1.00 bits per heavy atom. The molecule has 1 aromatic rings. The molecule has 0 amide bonds. The number of aryl methyl sites for hydroxylation is 1. The Labute approximate surface area is 104 Å². The van der Waals surface area contributed by atoms with Crippen LogP contribution in [-0.2, 0) is 0 Å². The van der Waals surface area contributed by atoms with Crippen LogP contribution in [0.2, 0.25) is 0 Å². The van der Waals surface area contributed by atoms with Crippen LogP contribution < -0.4 is 0 Å². The first kappa shape index (κ1) is 12.7. The molecule has 1 heterocycles. The van der Waals surface area contributed by atoms with Gasteiger partial charge in [-0.05, 0) is 42.7 Å². The standard InChI is InChI=1S/C15H25NO/c1-8-9(2)11(16-10(8)3)12(17)13-14(4,5)15(13,6)7/h12-13,16-17H,1-7H3. The molecule has 0 aromatic carbocycles. The van der Waals surface area contributed by atoms with Crippen LogP contribution in [0, 0.1) is 37.5 Å². The molecule has 2 heteroatoms. The summed E-state index contributed by atoms with van der Waals surface area (Å²) in [5.41, 5.74) is 5.11. The Kier molecular flexibility index (Phi) is 2.52. The largest absolute Gasteiger partial charge is 0.387 e. The summed E-state index contributed by atoms with van der Waals surface area (Å²) < 4.78 is 0. The summed E-state index contributed by atoms with van der Waals surface area (Å²) in [7, 11) is 0. The number of hydrogen-bond donors (Lipinski definition) is 2. The smallest absolute Gasteiger partial charge is 0.0979 e. The highest BCUT2D eigenvalue weighted by Gasteiger charge is 2.67. The fraction of sp³-hybridized carbons (Fsp3) is 0.733. The fourth-order valence-electron chi connectivity index (χ4n) is 3.37. The van der Waals surface area contributed by atoms with Crippen molar-refractivity contribution in [2.75, 3.05) is 0 Å². The number of nitrogens with one attached hydrogen (secondary N) is 1. The minimum Gasteiger partial charge on any atom is -0.387 e. The van der Waals surface area contributed by atoms with E-state index in [4.69, 9.17) is 0 Å². The van der Waals surface area contributed by atoms with E-state index < -0.39 is 0 Å². The summed E-state index contributed by atoms with van der Waals surface area (Å²) in [5.74, 6) is 0.339. The molecule has 2 nitrogen and oxygen atoms in total. The third-order valence-electron chi connectivity index (χ3n) is 5.60. The molecule has 1 fully saturated rings. The number of aromatic amines is 1. The highest BCUT2D eigenvalue weighted by molar-refractivity contribution is 5.37. The van der Waals surface area contributed by atoms with E-state index in [1.165, 1.54) is 16.8 Å². The molecule has 0 aliphatic heterocycles. The Morgan fingerprint density at radius 3 is 1.76 bits per heavy atom. The molecule has 2 rings (SSSR count). The number of aromatic nitrogens is 1. The molecule has 1 unspecified atom stereocenters. The van der Waals surface area contributed by atoms with Gasteiger partial charge in [0, 0.05) is 17.3 Å². The van der Waals surface area contributed by atoms with Crippen LogP contribution in [0.15, 0.2) is 0 Å². The van der Waals surface area contributed by atoms with Gasteiger partial charge in [-0.1, -0.05) is 27.7 Å². The minimum absolute atomic E-state index is 0.214. The van der Waals surface area contributed by atoms with Crippen molar-refractivity contribution in [2.24, 2.45) is 16.7 Å². The van der Waals surface area contributed by atoms with Crippen LogP contribution in [0.3, 0.4) is 0 Å². The maximum Gasteiger partial charge on any atom is 0.0979 e. The SMILES string of the molecule is Cc1[nH]c(C(O)C2C(C)(C)C2(C)C)c(C)c1C. The first-order chi connectivity index (χ1) is 7.62. The van der Waals surface area contributed by atoms with Gasteiger partial charge in [0.1, 0.15) is 0 Å². The van der Waals surface area contributed by atoms with E-state index in [2.05, 4.69) is 53.5 Å². The van der Waals surface area contributed by atoms with E-state index in [9.17, 15) is 5.11 Å². The first-order valence-corrected chi connectivity index (χ1v) is 6.46. The highest BCUT2D eigenvalue weighted by Crippen LogP contribution is 2.72. The number of aliphatic hydroxyl groups excluding tert-OH is 1. The van der Waals surface area contributed by atoms with Gasteiger partial charge in [-0.25, -0.2) is 0 Å². The first-order valence-electron chi connectivity index (χ1n) is 6.46. The van der Waals surface area contributed by atoms with Gasteiger partial charge in [0.25, 0.3) is 0 Å². The quantitative estimate of drug-likeness (QED) is 0.806. The Bertz CT molecular complexity index is 440. The monoisotopic (exact) mass is 235 g/mol. The lowest BCUT2D eigenvalue weighted by Gasteiger charge is -2.13. The van der Waals surface area contributed by atoms with Crippen molar-refractivity contribution in [1.82, 2.24) is 4.98 Å². The van der Waals surface area contributed by atoms with E-state index in [1.807, 2.05) is 0 Å². The van der Waals surface area contributed by atoms with Gasteiger partial charge in [0.05, 0.1) is 6.10 Å². The maximum absolute atomic E-state index is 10.6. The van der Waals surface area contributed by atoms with E-state index in [0.29, 0.717) is 5.92 Å². The molecule has 1 saturated carbocycles. The van der Waals surface area contributed by atoms with E-state index >= 15 is 0 Å². The van der Waals surface area contributed by atoms with Crippen LogP contribution >= 0.6 is 0 Å². The molecule has 1 aromatic heterocycles. The topological polar surface area (TPSA) is 36.0 Å². The van der Waals surface area contributed by atoms with Crippen molar-refractivity contribution in [2.45, 2.75) is 54.6 Å². The molecule has 1 aliphatic carbocycles. The van der Waals surface area contributed by atoms with Crippen LogP contribution in [0.5, 0.6) is 0 Å². The summed E-state index contributed by atoms with van der Waals surface area (Å²) in [5, 5.41) is 10.6. The molecular formula is C15H25NO. The van der Waals surface area contributed by atoms with E-state index in [1.54, 1.807) is 0 Å². The predicted octanol–water partition coefficient (Wildman–Crippen LogP) is 3.66. The maximum atomic E-state index is 10.6. The summed E-state index contributed by atoms with van der Waals surface area (Å²) in [6.45, 7) is 15.3. The predicted molar refractivity (Wildman–Crippen MR) is 71.0 cm³/mol. The van der Waals surface area contributed by atoms with Crippen molar-refractivity contribution < 1.29 is 5.11 Å². The molecule has 1 atom stereocenters. The molecule has 96 valence electrons. The normalized spacial score (nSPS) is 23.8. The second-order valence-corrected chi connectivity index (χ2v) is 6.78. The second kappa shape index (κ2) is 3.38. The van der Waals surface area contributed by atoms with Gasteiger partial charge < -0.3 is 10.1 Å². The van der Waals surface area contributed by atoms with Crippen molar-refractivity contribution >= 4 is 0 Å². The van der Waals surface area contributed by atoms with Crippen molar-refractivity contribution in [3.8, 4) is 0 Å². The molecule has 0 bridgehead atoms. The molecule has 1 aliphatic rings. The lowest BCUT2D eigenvalue weighted by Crippen LogP contribution is -2.07. The summed E-state index contributed by atoms with van der Waals surface area (Å²) >= 11 is 0. The Balaban J connectivity index is 2.34. The van der Waals surface area contributed by atoms with Crippen molar-refractivity contribution in [1.29, 1.82) is 0 Å². The molecule has 0 radical (unpaired) electrons. The fourth-order valence-corrected chi connectivity index (χ4v) is 3.37. The van der Waals surface area contributed by atoms with E-state index in [-0.39, 0.29) is 16.9 Å². The molecule has 2 N–H and O–H groups in total. The zero-order valence-electron chi connectivity index (χ0n) is 12.1. The zero-order valence-corrected chi connectivity index (χ0v) is 12.1. The van der Waals surface area contributed by atoms with Gasteiger partial charge in [-0.3, -0.25) is 0 Å². The van der Waals surface area contributed by atoms with Gasteiger partial charge in [0.15, 0.2) is 0 Å². The third kappa shape index (κ3) is 1.50. The Hall–Kier alpha value is -0.760. The minimum atomic E-state index is -0.368. The summed E-state index contributed by atoms with van der Waals surface area (Å²) in [4.78, 5) is 3.36. The highest BCUT2D eigenvalue weighted by atomic mass is 16.3. The van der Waals surface area contributed by atoms with Gasteiger partial charge in [-0.15, -0.1) is 0 Å². The average molecular weight is 235 g/mol. The second-order valence-electron chi connectivity index (χ2n) is 6.78. The van der Waals surface area contributed by atoms with E-state index in [0.717, 1.165) is 5.69 Å². The van der Waals surface area contributed by atoms with Crippen molar-refractivity contribution in [3.63, 3.8) is 0 Å². The van der Waals surface area contributed by atoms with Crippen LogP contribution in [0.25, 0.3) is 0 Å². The number of rotatable bonds is 2. The Morgan fingerprint density at radius 2 is 1.47 bits per heavy atom. The number of aliphatic hydroxyl groups is 1. The summed E-state index contributed by atoms with van der Waals surface area (Å²) in [6.07, 6.45) is -0.368. The van der Waals surface area contributed by atoms with Gasteiger partial charge in [0.2, 0.25) is 0 Å². The van der Waals surface area contributed by atoms with Gasteiger partial charge >= 0.3 is 0 Å². The lowest BCUT2D eigenvalue weighted by molar-refractivity contribution is 0.126. The van der Waals surface area contributed by atoms with Crippen LogP contribution in [-0.4, -0.2) is 10.1 Å². The van der Waals surface area contributed by atoms with Gasteiger partial charge in [-0.2, -0.15) is 0 Å². The molecule has 0 spiro atoms. The van der Waals surface area contributed by atoms with Crippen molar-refractivity contribution in [3.05, 3.63) is 22.5 Å². The summed E-state index contributed by atoms with van der Waals surface area (Å²) in [6, 6.07) is 0. The molecular weight excluding hydrogens is 210 g/mol. The lowest BCUT2D eigenvalue weighted by atomic mass is 10.0. The average Bonchev–Trinajstić information content (AvgIpc) is 2.46. The van der Waals surface area contributed by atoms with Crippen LogP contribution in [0.4, 0.5) is 0 Å².